The Morgan fingerprint density at radius 2 is 1.15 bits per heavy atom. The van der Waals surface area contributed by atoms with Crippen LogP contribution in [0.4, 0.5) is 0 Å². The van der Waals surface area contributed by atoms with Crippen molar-refractivity contribution in [3.63, 3.8) is 0 Å². The maximum absolute atomic E-state index is 6.12. The molecule has 5 heteroatoms. The molecule has 0 rings (SSSR count). The molecule has 20 heavy (non-hydrogen) atoms. The predicted octanol–water partition coefficient (Wildman–Crippen LogP) is 4.69. The molecule has 0 aromatic heterocycles. The molecular weight excluding hydrogens is 288 g/mol. The van der Waals surface area contributed by atoms with E-state index >= 15 is 0 Å². The van der Waals surface area contributed by atoms with E-state index in [4.69, 9.17) is 13.3 Å². The lowest BCUT2D eigenvalue weighted by Crippen LogP contribution is -2.48. The van der Waals surface area contributed by atoms with Crippen LogP contribution in [-0.2, 0) is 13.3 Å². The fraction of sp³-hybridized carbons (Fsp3) is 1.00. The SMILES string of the molecule is CCCCO[Si](CC(C)S)(OCCCC)OCCCC. The van der Waals surface area contributed by atoms with Gasteiger partial charge in [0.05, 0.1) is 0 Å². The summed E-state index contributed by atoms with van der Waals surface area (Å²) in [6.45, 7) is 10.8. The highest BCUT2D eigenvalue weighted by Gasteiger charge is 2.41. The molecule has 0 spiro atoms. The summed E-state index contributed by atoms with van der Waals surface area (Å²) in [5.41, 5.74) is 0. The second-order valence-electron chi connectivity index (χ2n) is 5.34. The van der Waals surface area contributed by atoms with E-state index in [0.29, 0.717) is 0 Å². The van der Waals surface area contributed by atoms with Gasteiger partial charge in [0, 0.05) is 31.1 Å². The van der Waals surface area contributed by atoms with E-state index in [9.17, 15) is 0 Å². The molecule has 0 bridgehead atoms. The van der Waals surface area contributed by atoms with Crippen molar-refractivity contribution in [1.82, 2.24) is 0 Å². The van der Waals surface area contributed by atoms with Gasteiger partial charge in [-0.15, -0.1) is 0 Å². The summed E-state index contributed by atoms with van der Waals surface area (Å²) in [5, 5.41) is 0.242. The number of thiol groups is 1. The number of rotatable bonds is 14. The predicted molar refractivity (Wildman–Crippen MR) is 91.6 cm³/mol. The van der Waals surface area contributed by atoms with Gasteiger partial charge in [-0.1, -0.05) is 47.0 Å². The van der Waals surface area contributed by atoms with E-state index in [-0.39, 0.29) is 5.25 Å². The van der Waals surface area contributed by atoms with Gasteiger partial charge in [0.1, 0.15) is 0 Å². The largest absolute Gasteiger partial charge is 0.502 e. The van der Waals surface area contributed by atoms with Gasteiger partial charge in [-0.3, -0.25) is 0 Å². The van der Waals surface area contributed by atoms with Gasteiger partial charge < -0.3 is 13.3 Å². The van der Waals surface area contributed by atoms with Crippen molar-refractivity contribution in [1.29, 1.82) is 0 Å². The lowest BCUT2D eigenvalue weighted by atomic mass is 10.4. The van der Waals surface area contributed by atoms with Gasteiger partial charge in [0.15, 0.2) is 0 Å². The number of hydrogen-bond donors (Lipinski definition) is 1. The summed E-state index contributed by atoms with van der Waals surface area (Å²) in [7, 11) is -2.55. The fourth-order valence-corrected chi connectivity index (χ4v) is 5.14. The molecule has 0 fully saturated rings. The maximum atomic E-state index is 6.12. The topological polar surface area (TPSA) is 27.7 Å². The zero-order chi connectivity index (χ0) is 15.3. The molecule has 3 nitrogen and oxygen atoms in total. The second-order valence-corrected chi connectivity index (χ2v) is 8.86. The minimum Gasteiger partial charge on any atom is -0.373 e. The third-order valence-electron chi connectivity index (χ3n) is 3.01. The molecule has 1 atom stereocenters. The van der Waals surface area contributed by atoms with Crippen LogP contribution in [0.15, 0.2) is 0 Å². The van der Waals surface area contributed by atoms with Crippen LogP contribution in [0, 0.1) is 0 Å². The molecule has 0 aliphatic heterocycles. The summed E-state index contributed by atoms with van der Waals surface area (Å²) in [6, 6.07) is 0.799. The zero-order valence-corrected chi connectivity index (χ0v) is 15.7. The van der Waals surface area contributed by atoms with Crippen molar-refractivity contribution < 1.29 is 13.3 Å². The third kappa shape index (κ3) is 10.2. The third-order valence-corrected chi connectivity index (χ3v) is 6.58. The molecule has 0 aromatic carbocycles. The molecule has 0 saturated heterocycles. The molecule has 0 N–H and O–H groups in total. The molecule has 0 heterocycles. The first-order chi connectivity index (χ1) is 9.60. The first-order valence-corrected chi connectivity index (χ1v) is 10.6. The van der Waals surface area contributed by atoms with Crippen LogP contribution in [-0.4, -0.2) is 33.9 Å². The first-order valence-electron chi connectivity index (χ1n) is 8.20. The van der Waals surface area contributed by atoms with E-state index in [1.807, 2.05) is 0 Å². The highest BCUT2D eigenvalue weighted by molar-refractivity contribution is 7.81. The van der Waals surface area contributed by atoms with Crippen molar-refractivity contribution in [2.45, 2.75) is 77.5 Å². The van der Waals surface area contributed by atoms with Crippen LogP contribution in [0.3, 0.4) is 0 Å². The van der Waals surface area contributed by atoms with Crippen molar-refractivity contribution >= 4 is 21.4 Å². The van der Waals surface area contributed by atoms with Crippen LogP contribution in [0.2, 0.25) is 6.04 Å². The van der Waals surface area contributed by atoms with E-state index in [2.05, 4.69) is 40.3 Å². The average Bonchev–Trinajstić information content (AvgIpc) is 2.39. The van der Waals surface area contributed by atoms with Gasteiger partial charge in [0.25, 0.3) is 0 Å². The number of hydrogen-bond acceptors (Lipinski definition) is 4. The Morgan fingerprint density at radius 1 is 0.800 bits per heavy atom. The number of unbranched alkanes of at least 4 members (excludes halogenated alkanes) is 3. The monoisotopic (exact) mass is 322 g/mol. The Morgan fingerprint density at radius 3 is 1.40 bits per heavy atom. The molecule has 0 aliphatic rings. The minimum absolute atomic E-state index is 0.242. The molecule has 0 saturated carbocycles. The Hall–Kier alpha value is 0.447. The summed E-state index contributed by atoms with van der Waals surface area (Å²) in [6.07, 6.45) is 6.57. The van der Waals surface area contributed by atoms with E-state index in [1.165, 1.54) is 0 Å². The minimum atomic E-state index is -2.55. The molecule has 1 unspecified atom stereocenters. The maximum Gasteiger partial charge on any atom is 0.502 e. The van der Waals surface area contributed by atoms with Crippen LogP contribution in [0.5, 0.6) is 0 Å². The van der Waals surface area contributed by atoms with Crippen molar-refractivity contribution in [3.8, 4) is 0 Å². The van der Waals surface area contributed by atoms with Gasteiger partial charge >= 0.3 is 8.80 Å². The smallest absolute Gasteiger partial charge is 0.373 e. The molecule has 0 aromatic rings. The van der Waals surface area contributed by atoms with Gasteiger partial charge in [-0.2, -0.15) is 12.6 Å². The van der Waals surface area contributed by atoms with Gasteiger partial charge in [-0.25, -0.2) is 0 Å². The Labute approximate surface area is 132 Å². The molecule has 0 aliphatic carbocycles. The molecule has 0 amide bonds. The van der Waals surface area contributed by atoms with Crippen LogP contribution < -0.4 is 0 Å². The normalized spacial score (nSPS) is 13.7. The first kappa shape index (κ1) is 20.4. The van der Waals surface area contributed by atoms with Gasteiger partial charge in [-0.05, 0) is 19.3 Å². The summed E-state index contributed by atoms with van der Waals surface area (Å²) in [5.74, 6) is 0. The van der Waals surface area contributed by atoms with E-state index in [1.54, 1.807) is 0 Å². The quantitative estimate of drug-likeness (QED) is 0.285. The molecule has 122 valence electrons. The Bertz CT molecular complexity index is 189. The van der Waals surface area contributed by atoms with Gasteiger partial charge in [0.2, 0.25) is 0 Å². The lowest BCUT2D eigenvalue weighted by Gasteiger charge is -2.31. The lowest BCUT2D eigenvalue weighted by molar-refractivity contribution is 0.0565. The second kappa shape index (κ2) is 13.1. The summed E-state index contributed by atoms with van der Waals surface area (Å²) < 4.78 is 18.4. The van der Waals surface area contributed by atoms with Crippen molar-refractivity contribution in [2.75, 3.05) is 19.8 Å². The van der Waals surface area contributed by atoms with Crippen molar-refractivity contribution in [2.24, 2.45) is 0 Å². The fourth-order valence-electron chi connectivity index (χ4n) is 1.78. The molecule has 0 radical (unpaired) electrons. The molecular formula is C15H34O3SSi. The Balaban J connectivity index is 4.57. The Kier molecular flexibility index (Phi) is 13.4. The van der Waals surface area contributed by atoms with E-state index in [0.717, 1.165) is 64.4 Å². The summed E-state index contributed by atoms with van der Waals surface area (Å²) >= 11 is 4.52. The highest BCUT2D eigenvalue weighted by atomic mass is 32.1. The zero-order valence-electron chi connectivity index (χ0n) is 13.8. The highest BCUT2D eigenvalue weighted by Crippen LogP contribution is 2.22. The van der Waals surface area contributed by atoms with Crippen LogP contribution >= 0.6 is 12.6 Å². The van der Waals surface area contributed by atoms with Crippen LogP contribution in [0.1, 0.15) is 66.2 Å². The summed E-state index contributed by atoms with van der Waals surface area (Å²) in [4.78, 5) is 0. The average molecular weight is 323 g/mol. The van der Waals surface area contributed by atoms with E-state index < -0.39 is 8.80 Å². The standard InChI is InChI=1S/C15H34O3SSi/c1-5-8-11-16-20(14-15(4)19,17-12-9-6-2)18-13-10-7-3/h15,19H,5-14H2,1-4H3. The van der Waals surface area contributed by atoms with Crippen molar-refractivity contribution in [3.05, 3.63) is 0 Å². The van der Waals surface area contributed by atoms with Crippen LogP contribution in [0.25, 0.3) is 0 Å².